The van der Waals surface area contributed by atoms with Gasteiger partial charge in [-0.25, -0.2) is 8.78 Å². The average molecular weight is 765 g/mol. The SMILES string of the molecule is CC(=O)c1c(-c2ccccc2)c2cc(F)ccc2[nH]c1=O.O=C(/C=C/c1ccnnc1)c1c(-c2ccccc2)c2cc(F)ccc2[nH]c1=O.O=Cc1ccnnc1.[HH].[HH]. The van der Waals surface area contributed by atoms with Crippen LogP contribution in [0.25, 0.3) is 50.1 Å². The van der Waals surface area contributed by atoms with E-state index in [0.717, 1.165) is 6.29 Å². The molecule has 2 N–H and O–H groups in total. The maximum atomic E-state index is 13.9. The number of fused-ring (bicyclic) bond motifs is 2. The molecule has 0 radical (unpaired) electrons. The van der Waals surface area contributed by atoms with Crippen LogP contribution in [0, 0.1) is 11.6 Å². The van der Waals surface area contributed by atoms with Crippen molar-refractivity contribution in [1.82, 2.24) is 30.4 Å². The molecule has 4 heterocycles. The maximum absolute atomic E-state index is 13.9. The van der Waals surface area contributed by atoms with Crippen molar-refractivity contribution in [2.24, 2.45) is 0 Å². The quantitative estimate of drug-likeness (QED) is 0.0921. The first-order valence-electron chi connectivity index (χ1n) is 17.2. The van der Waals surface area contributed by atoms with Crippen molar-refractivity contribution in [1.29, 1.82) is 0 Å². The molecule has 0 spiro atoms. The Balaban J connectivity index is 0.000000219. The Labute approximate surface area is 325 Å². The molecule has 8 aromatic rings. The highest BCUT2D eigenvalue weighted by Gasteiger charge is 2.20. The highest BCUT2D eigenvalue weighted by Crippen LogP contribution is 2.31. The van der Waals surface area contributed by atoms with E-state index in [0.29, 0.717) is 55.2 Å². The van der Waals surface area contributed by atoms with Crippen LogP contribution in [-0.2, 0) is 0 Å². The average Bonchev–Trinajstić information content (AvgIpc) is 3.24. The summed E-state index contributed by atoms with van der Waals surface area (Å²) in [5.41, 5.74) is 3.48. The van der Waals surface area contributed by atoms with E-state index in [-0.39, 0.29) is 19.8 Å². The maximum Gasteiger partial charge on any atom is 0.260 e. The van der Waals surface area contributed by atoms with E-state index in [1.165, 1.54) is 74.2 Å². The summed E-state index contributed by atoms with van der Waals surface area (Å²) in [4.78, 5) is 65.0. The molecule has 0 saturated carbocycles. The number of rotatable bonds is 7. The number of carbonyl (C=O) groups is 3. The van der Waals surface area contributed by atoms with E-state index in [9.17, 15) is 32.8 Å². The van der Waals surface area contributed by atoms with E-state index < -0.39 is 28.5 Å². The van der Waals surface area contributed by atoms with Crippen LogP contribution in [0.2, 0.25) is 0 Å². The molecule has 8 rings (SSSR count). The van der Waals surface area contributed by atoms with Crippen LogP contribution in [0.5, 0.6) is 0 Å². The van der Waals surface area contributed by atoms with Crippen LogP contribution >= 0.6 is 0 Å². The Morgan fingerprint density at radius 3 is 1.53 bits per heavy atom. The number of aromatic nitrogens is 6. The molecule has 0 aliphatic carbocycles. The Kier molecular flexibility index (Phi) is 12.2. The van der Waals surface area contributed by atoms with Gasteiger partial charge in [0.25, 0.3) is 11.1 Å². The number of aromatic amines is 2. The van der Waals surface area contributed by atoms with Crippen LogP contribution < -0.4 is 11.1 Å². The fourth-order valence-electron chi connectivity index (χ4n) is 5.94. The molecule has 0 fully saturated rings. The van der Waals surface area contributed by atoms with Crippen LogP contribution in [0.3, 0.4) is 0 Å². The first kappa shape index (κ1) is 38.8. The lowest BCUT2D eigenvalue weighted by molar-refractivity contribution is 0.101. The van der Waals surface area contributed by atoms with Crippen LogP contribution in [0.1, 0.15) is 46.4 Å². The van der Waals surface area contributed by atoms with E-state index in [4.69, 9.17) is 0 Å². The number of benzene rings is 4. The summed E-state index contributed by atoms with van der Waals surface area (Å²) in [5, 5.41) is 15.4. The van der Waals surface area contributed by atoms with Crippen molar-refractivity contribution in [3.63, 3.8) is 0 Å². The minimum atomic E-state index is -0.527. The van der Waals surface area contributed by atoms with Gasteiger partial charge < -0.3 is 9.97 Å². The van der Waals surface area contributed by atoms with Crippen LogP contribution in [-0.4, -0.2) is 48.2 Å². The summed E-state index contributed by atoms with van der Waals surface area (Å²) in [6.07, 6.45) is 9.48. The molecule has 0 saturated heterocycles. The molecule has 284 valence electrons. The molecule has 57 heavy (non-hydrogen) atoms. The summed E-state index contributed by atoms with van der Waals surface area (Å²) in [6, 6.07) is 29.5. The first-order chi connectivity index (χ1) is 27.6. The van der Waals surface area contributed by atoms with Gasteiger partial charge in [-0.3, -0.25) is 24.0 Å². The molecular weight excluding hydrogens is 731 g/mol. The first-order valence-corrected chi connectivity index (χ1v) is 17.2. The summed E-state index contributed by atoms with van der Waals surface area (Å²) >= 11 is 0. The molecule has 4 aromatic heterocycles. The monoisotopic (exact) mass is 764 g/mol. The van der Waals surface area contributed by atoms with Gasteiger partial charge in [0.15, 0.2) is 17.9 Å². The summed E-state index contributed by atoms with van der Waals surface area (Å²) in [7, 11) is 0. The molecule has 4 aromatic carbocycles. The van der Waals surface area contributed by atoms with Gasteiger partial charge in [-0.1, -0.05) is 60.7 Å². The number of nitrogens with one attached hydrogen (secondary N) is 2. The number of carbonyl (C=O) groups excluding carboxylic acids is 3. The molecule has 13 heteroatoms. The highest BCUT2D eigenvalue weighted by molar-refractivity contribution is 6.15. The van der Waals surface area contributed by atoms with E-state index in [1.54, 1.807) is 54.6 Å². The Morgan fingerprint density at radius 2 is 1.09 bits per heavy atom. The van der Waals surface area contributed by atoms with Crippen LogP contribution in [0.15, 0.2) is 150 Å². The Hall–Kier alpha value is -7.93. The predicted octanol–water partition coefficient (Wildman–Crippen LogP) is 8.34. The number of halogens is 2. The molecule has 0 aliphatic rings. The number of aldehydes is 1. The number of pyridine rings is 2. The lowest BCUT2D eigenvalue weighted by Crippen LogP contribution is -2.18. The number of allylic oxidation sites excluding steroid dienone is 1. The molecule has 0 aliphatic heterocycles. The van der Waals surface area contributed by atoms with Gasteiger partial charge in [0.05, 0.1) is 35.9 Å². The molecule has 0 amide bonds. The highest BCUT2D eigenvalue weighted by atomic mass is 19.1. The van der Waals surface area contributed by atoms with Gasteiger partial charge in [0.1, 0.15) is 11.6 Å². The largest absolute Gasteiger partial charge is 0.321 e. The number of ketones is 2. The van der Waals surface area contributed by atoms with Crippen molar-refractivity contribution in [2.75, 3.05) is 0 Å². The summed E-state index contributed by atoms with van der Waals surface area (Å²) in [5.74, 6) is -1.70. The fraction of sp³-hybridized carbons (Fsp3) is 0.0227. The zero-order valence-electron chi connectivity index (χ0n) is 30.0. The Morgan fingerprint density at radius 1 is 0.614 bits per heavy atom. The Bertz CT molecular complexity index is 2880. The second kappa shape index (κ2) is 17.9. The van der Waals surface area contributed by atoms with Gasteiger partial charge in [0, 0.05) is 41.3 Å². The van der Waals surface area contributed by atoms with E-state index >= 15 is 0 Å². The smallest absolute Gasteiger partial charge is 0.260 e. The van der Waals surface area contributed by atoms with Crippen LogP contribution in [0.4, 0.5) is 8.78 Å². The van der Waals surface area contributed by atoms with E-state index in [2.05, 4.69) is 30.4 Å². The normalized spacial score (nSPS) is 10.6. The van der Waals surface area contributed by atoms with Gasteiger partial charge in [-0.05, 0) is 84.3 Å². The second-order valence-corrected chi connectivity index (χ2v) is 12.2. The van der Waals surface area contributed by atoms with Crippen molar-refractivity contribution >= 4 is 45.7 Å². The second-order valence-electron chi connectivity index (χ2n) is 12.2. The third-order valence-corrected chi connectivity index (χ3v) is 8.45. The lowest BCUT2D eigenvalue weighted by Gasteiger charge is -2.11. The number of hydrogen-bond donors (Lipinski definition) is 2. The molecule has 0 bridgehead atoms. The minimum absolute atomic E-state index is 0. The molecule has 0 unspecified atom stereocenters. The number of hydrogen-bond acceptors (Lipinski definition) is 9. The molecule has 11 nitrogen and oxygen atoms in total. The third-order valence-electron chi connectivity index (χ3n) is 8.45. The molecule has 0 atom stereocenters. The zero-order valence-corrected chi connectivity index (χ0v) is 30.0. The number of H-pyrrole nitrogens is 2. The zero-order chi connectivity index (χ0) is 40.3. The summed E-state index contributed by atoms with van der Waals surface area (Å²) < 4.78 is 27.5. The van der Waals surface area contributed by atoms with Crippen molar-refractivity contribution in [3.05, 3.63) is 195 Å². The van der Waals surface area contributed by atoms with E-state index in [1.807, 2.05) is 24.3 Å². The van der Waals surface area contributed by atoms with Crippen molar-refractivity contribution in [2.45, 2.75) is 6.92 Å². The third kappa shape index (κ3) is 9.24. The van der Waals surface area contributed by atoms with Crippen molar-refractivity contribution < 1.29 is 26.0 Å². The predicted molar refractivity (Wildman–Crippen MR) is 217 cm³/mol. The van der Waals surface area contributed by atoms with Gasteiger partial charge >= 0.3 is 0 Å². The van der Waals surface area contributed by atoms with Gasteiger partial charge in [-0.15, -0.1) is 0 Å². The number of nitrogens with zero attached hydrogens (tertiary/aromatic N) is 4. The number of Topliss-reactive ketones (excluding diaryl/α,β-unsaturated/α-hetero) is 1. The topological polar surface area (TPSA) is 168 Å². The summed E-state index contributed by atoms with van der Waals surface area (Å²) in [6.45, 7) is 1.34. The van der Waals surface area contributed by atoms with Gasteiger partial charge in [0.2, 0.25) is 0 Å². The lowest BCUT2D eigenvalue weighted by atomic mass is 9.94. The minimum Gasteiger partial charge on any atom is -0.321 e. The fourth-order valence-corrected chi connectivity index (χ4v) is 5.94. The van der Waals surface area contributed by atoms with Crippen molar-refractivity contribution in [3.8, 4) is 22.3 Å². The van der Waals surface area contributed by atoms with Gasteiger partial charge in [-0.2, -0.15) is 20.4 Å². The standard InChI is InChI=1S/C22H14FN3O2.C17H12FNO2.C5H4N2O.2H2/c23-16-7-8-18-17(12-16)20(15-4-2-1-3-5-15)21(22(28)26-18)19(27)9-6-14-10-11-24-25-13-14;1-10(20)15-16(11-5-3-2-4-6-11)13-9-12(18)7-8-14(13)19-17(15)21;8-4-5-1-2-6-7-3-5;;/h1-13H,(H,26,28);2-9H,1H3,(H,19,21);1-4H;2*1H/b9-6+;;;;. The molecular formula is C44H34F2N6O5.